The van der Waals surface area contributed by atoms with Crippen LogP contribution >= 0.6 is 0 Å². The first-order valence-corrected chi connectivity index (χ1v) is 5.84. The molecule has 3 heteroatoms. The molecule has 0 aliphatic carbocycles. The third kappa shape index (κ3) is 2.68. The maximum Gasteiger partial charge on any atom is 0.130 e. The lowest BCUT2D eigenvalue weighted by Crippen LogP contribution is -1.97. The van der Waals surface area contributed by atoms with Gasteiger partial charge >= 0.3 is 0 Å². The molecule has 0 aliphatic rings. The minimum atomic E-state index is -0.264. The number of rotatable bonds is 3. The Kier molecular flexibility index (Phi) is 3.63. The molecule has 2 aromatic carbocycles. The molecule has 0 saturated heterocycles. The van der Waals surface area contributed by atoms with Crippen molar-refractivity contribution in [3.05, 3.63) is 58.9 Å². The third-order valence-electron chi connectivity index (χ3n) is 2.86. The number of aryl methyl sites for hydroxylation is 2. The summed E-state index contributed by atoms with van der Waals surface area (Å²) in [6.45, 7) is 4.12. The summed E-state index contributed by atoms with van der Waals surface area (Å²) >= 11 is 0. The average Bonchev–Trinajstić information content (AvgIpc) is 2.36. The molecule has 0 spiro atoms. The molecule has 2 aromatic rings. The van der Waals surface area contributed by atoms with Crippen LogP contribution in [0.2, 0.25) is 0 Å². The topological polar surface area (TPSA) is 35.2 Å². The minimum absolute atomic E-state index is 0.264. The molecule has 0 saturated carbocycles. The predicted octanol–water partition coefficient (Wildman–Crippen LogP) is 3.69. The van der Waals surface area contributed by atoms with Crippen molar-refractivity contribution < 1.29 is 9.13 Å². The highest BCUT2D eigenvalue weighted by Crippen LogP contribution is 2.27. The molecule has 0 fully saturated rings. The summed E-state index contributed by atoms with van der Waals surface area (Å²) in [5.74, 6) is 0.941. The van der Waals surface area contributed by atoms with E-state index >= 15 is 0 Å². The second kappa shape index (κ2) is 5.19. The van der Waals surface area contributed by atoms with Crippen molar-refractivity contribution in [1.29, 1.82) is 0 Å². The van der Waals surface area contributed by atoms with Crippen molar-refractivity contribution >= 4 is 0 Å². The number of benzene rings is 2. The van der Waals surface area contributed by atoms with Crippen LogP contribution in [-0.2, 0) is 6.54 Å². The van der Waals surface area contributed by atoms with Gasteiger partial charge in [-0.15, -0.1) is 0 Å². The molecule has 0 amide bonds. The van der Waals surface area contributed by atoms with Crippen molar-refractivity contribution in [3.8, 4) is 11.5 Å². The lowest BCUT2D eigenvalue weighted by Gasteiger charge is -2.10. The second-order valence-electron chi connectivity index (χ2n) is 4.32. The van der Waals surface area contributed by atoms with Gasteiger partial charge in [0.1, 0.15) is 17.3 Å². The lowest BCUT2D eigenvalue weighted by molar-refractivity contribution is 0.472. The van der Waals surface area contributed by atoms with Gasteiger partial charge in [-0.1, -0.05) is 18.2 Å². The Morgan fingerprint density at radius 2 is 1.78 bits per heavy atom. The number of halogens is 1. The molecule has 0 aliphatic heterocycles. The van der Waals surface area contributed by atoms with Crippen molar-refractivity contribution in [2.75, 3.05) is 0 Å². The zero-order valence-corrected chi connectivity index (χ0v) is 10.5. The SMILES string of the molecule is Cc1ccc(Oc2cc(CN)ccc2C)cc1F. The zero-order valence-electron chi connectivity index (χ0n) is 10.5. The Labute approximate surface area is 106 Å². The van der Waals surface area contributed by atoms with Crippen molar-refractivity contribution in [2.45, 2.75) is 20.4 Å². The normalized spacial score (nSPS) is 10.4. The van der Waals surface area contributed by atoms with Crippen molar-refractivity contribution in [2.24, 2.45) is 5.73 Å². The Morgan fingerprint density at radius 1 is 1.06 bits per heavy atom. The van der Waals surface area contributed by atoms with Gasteiger partial charge in [0.05, 0.1) is 0 Å². The molecular formula is C15H16FNO. The maximum absolute atomic E-state index is 13.4. The van der Waals surface area contributed by atoms with Gasteiger partial charge in [0, 0.05) is 12.6 Å². The Hall–Kier alpha value is -1.87. The van der Waals surface area contributed by atoms with E-state index in [4.69, 9.17) is 10.5 Å². The van der Waals surface area contributed by atoms with Gasteiger partial charge in [0.15, 0.2) is 0 Å². The maximum atomic E-state index is 13.4. The molecule has 0 unspecified atom stereocenters. The Morgan fingerprint density at radius 3 is 2.44 bits per heavy atom. The van der Waals surface area contributed by atoms with Crippen LogP contribution in [0.25, 0.3) is 0 Å². The quantitative estimate of drug-likeness (QED) is 0.895. The van der Waals surface area contributed by atoms with Crippen LogP contribution in [0.3, 0.4) is 0 Å². The molecule has 0 bridgehead atoms. The standard InChI is InChI=1S/C15H16FNO/c1-10-4-6-13(8-14(10)16)18-15-7-12(9-17)5-3-11(15)2/h3-8H,9,17H2,1-2H3. The number of nitrogens with two attached hydrogens (primary N) is 1. The van der Waals surface area contributed by atoms with E-state index in [1.165, 1.54) is 6.07 Å². The van der Waals surface area contributed by atoms with Gasteiger partial charge < -0.3 is 10.5 Å². The first-order valence-electron chi connectivity index (χ1n) is 5.84. The van der Waals surface area contributed by atoms with Gasteiger partial charge in [0.2, 0.25) is 0 Å². The summed E-state index contributed by atoms with van der Waals surface area (Å²) in [6, 6.07) is 10.6. The van der Waals surface area contributed by atoms with Crippen LogP contribution in [0.1, 0.15) is 16.7 Å². The lowest BCUT2D eigenvalue weighted by atomic mass is 10.1. The van der Waals surface area contributed by atoms with Gasteiger partial charge in [-0.2, -0.15) is 0 Å². The van der Waals surface area contributed by atoms with Gasteiger partial charge in [-0.05, 0) is 42.7 Å². The third-order valence-corrected chi connectivity index (χ3v) is 2.86. The van der Waals surface area contributed by atoms with Crippen molar-refractivity contribution in [1.82, 2.24) is 0 Å². The van der Waals surface area contributed by atoms with Crippen molar-refractivity contribution in [3.63, 3.8) is 0 Å². The average molecular weight is 245 g/mol. The first kappa shape index (κ1) is 12.6. The molecule has 2 N–H and O–H groups in total. The van der Waals surface area contributed by atoms with E-state index in [0.717, 1.165) is 11.1 Å². The summed E-state index contributed by atoms with van der Waals surface area (Å²) < 4.78 is 19.1. The number of ether oxygens (including phenoxy) is 1. The van der Waals surface area contributed by atoms with Crippen LogP contribution in [0.5, 0.6) is 11.5 Å². The Balaban J connectivity index is 2.30. The van der Waals surface area contributed by atoms with Crippen LogP contribution in [0.15, 0.2) is 36.4 Å². The first-order chi connectivity index (χ1) is 8.60. The zero-order chi connectivity index (χ0) is 13.1. The van der Waals surface area contributed by atoms with Gasteiger partial charge in [-0.25, -0.2) is 4.39 Å². The van der Waals surface area contributed by atoms with E-state index in [1.807, 2.05) is 25.1 Å². The largest absolute Gasteiger partial charge is 0.457 e. The van der Waals surface area contributed by atoms with E-state index in [9.17, 15) is 4.39 Å². The highest BCUT2D eigenvalue weighted by molar-refractivity contribution is 5.40. The molecule has 0 aromatic heterocycles. The molecule has 2 rings (SSSR count). The van der Waals surface area contributed by atoms with E-state index in [-0.39, 0.29) is 5.82 Å². The summed E-state index contributed by atoms with van der Waals surface area (Å²) in [5.41, 5.74) is 8.18. The van der Waals surface area contributed by atoms with Gasteiger partial charge in [-0.3, -0.25) is 0 Å². The summed E-state index contributed by atoms with van der Waals surface area (Å²) in [6.07, 6.45) is 0. The van der Waals surface area contributed by atoms with Crippen LogP contribution in [-0.4, -0.2) is 0 Å². The van der Waals surface area contributed by atoms with Crippen LogP contribution in [0, 0.1) is 19.7 Å². The van der Waals surface area contributed by atoms with E-state index in [2.05, 4.69) is 0 Å². The summed E-state index contributed by atoms with van der Waals surface area (Å²) in [5, 5.41) is 0. The molecule has 0 radical (unpaired) electrons. The summed E-state index contributed by atoms with van der Waals surface area (Å²) in [7, 11) is 0. The predicted molar refractivity (Wildman–Crippen MR) is 70.3 cm³/mol. The molecule has 18 heavy (non-hydrogen) atoms. The van der Waals surface area contributed by atoms with E-state index in [1.54, 1.807) is 19.1 Å². The number of hydrogen-bond donors (Lipinski definition) is 1. The minimum Gasteiger partial charge on any atom is -0.457 e. The molecule has 94 valence electrons. The van der Waals surface area contributed by atoms with Gasteiger partial charge in [0.25, 0.3) is 0 Å². The second-order valence-corrected chi connectivity index (χ2v) is 4.32. The van der Waals surface area contributed by atoms with Crippen LogP contribution < -0.4 is 10.5 Å². The molecule has 0 atom stereocenters. The summed E-state index contributed by atoms with van der Waals surface area (Å²) in [4.78, 5) is 0. The van der Waals surface area contributed by atoms with Crippen LogP contribution in [0.4, 0.5) is 4.39 Å². The monoisotopic (exact) mass is 245 g/mol. The van der Waals surface area contributed by atoms with E-state index in [0.29, 0.717) is 23.6 Å². The molecule has 0 heterocycles. The fraction of sp³-hybridized carbons (Fsp3) is 0.200. The van der Waals surface area contributed by atoms with E-state index < -0.39 is 0 Å². The smallest absolute Gasteiger partial charge is 0.130 e. The molecular weight excluding hydrogens is 229 g/mol. The fourth-order valence-corrected chi connectivity index (χ4v) is 1.65. The highest BCUT2D eigenvalue weighted by atomic mass is 19.1. The fourth-order valence-electron chi connectivity index (χ4n) is 1.65. The highest BCUT2D eigenvalue weighted by Gasteiger charge is 2.05. The number of hydrogen-bond acceptors (Lipinski definition) is 2. The Bertz CT molecular complexity index is 566. The molecule has 2 nitrogen and oxygen atoms in total.